The first-order chi connectivity index (χ1) is 12.1. The number of benzene rings is 1. The molecule has 25 heavy (non-hydrogen) atoms. The van der Waals surface area contributed by atoms with Gasteiger partial charge in [-0.3, -0.25) is 9.69 Å². The van der Waals surface area contributed by atoms with Crippen molar-refractivity contribution in [1.29, 1.82) is 0 Å². The minimum Gasteiger partial charge on any atom is -0.496 e. The van der Waals surface area contributed by atoms with Crippen molar-refractivity contribution in [2.24, 2.45) is 0 Å². The van der Waals surface area contributed by atoms with Crippen LogP contribution in [0.2, 0.25) is 0 Å². The molecular weight excluding hydrogens is 334 g/mol. The van der Waals surface area contributed by atoms with Gasteiger partial charge in [-0.25, -0.2) is 4.98 Å². The number of ether oxygens (including phenoxy) is 1. The van der Waals surface area contributed by atoms with E-state index in [2.05, 4.69) is 16.0 Å². The number of hydrogen-bond donors (Lipinski definition) is 1. The van der Waals surface area contributed by atoms with Crippen molar-refractivity contribution < 1.29 is 4.74 Å². The highest BCUT2D eigenvalue weighted by molar-refractivity contribution is 7.18. The zero-order valence-electron chi connectivity index (χ0n) is 14.7. The van der Waals surface area contributed by atoms with Crippen LogP contribution in [0.4, 0.5) is 0 Å². The summed E-state index contributed by atoms with van der Waals surface area (Å²) in [7, 11) is 1.72. The van der Waals surface area contributed by atoms with Crippen molar-refractivity contribution in [3.05, 3.63) is 55.9 Å². The fraction of sp³-hybridized carbons (Fsp3) is 0.368. The number of H-pyrrole nitrogens is 1. The average Bonchev–Trinajstić information content (AvgIpc) is 2.88. The van der Waals surface area contributed by atoms with E-state index in [1.165, 1.54) is 11.1 Å². The molecule has 3 heterocycles. The van der Waals surface area contributed by atoms with Crippen molar-refractivity contribution in [3.8, 4) is 5.75 Å². The lowest BCUT2D eigenvalue weighted by molar-refractivity contribution is 0.237. The molecule has 130 valence electrons. The first kappa shape index (κ1) is 16.3. The summed E-state index contributed by atoms with van der Waals surface area (Å²) >= 11 is 1.60. The number of rotatable bonds is 3. The van der Waals surface area contributed by atoms with Gasteiger partial charge in [-0.1, -0.05) is 12.1 Å². The predicted molar refractivity (Wildman–Crippen MR) is 101 cm³/mol. The molecule has 0 aliphatic carbocycles. The Morgan fingerprint density at radius 2 is 2.20 bits per heavy atom. The standard InChI is InChI=1S/C19H21N3O2S/c1-11-12(2)25-19-17(11)18(23)20-16(21-19)10-22-8-7-14-13(9-22)5-4-6-15(14)24-3/h4-6H,7-10H2,1-3H3,(H,20,21,23). The molecule has 2 aromatic heterocycles. The fourth-order valence-electron chi connectivity index (χ4n) is 3.54. The molecule has 3 aromatic rings. The van der Waals surface area contributed by atoms with Crippen molar-refractivity contribution in [3.63, 3.8) is 0 Å². The second kappa shape index (κ2) is 6.28. The summed E-state index contributed by atoms with van der Waals surface area (Å²) in [4.78, 5) is 24.4. The van der Waals surface area contributed by atoms with Gasteiger partial charge in [0.1, 0.15) is 16.4 Å². The molecule has 1 aliphatic heterocycles. The Labute approximate surface area is 150 Å². The van der Waals surface area contributed by atoms with E-state index in [9.17, 15) is 4.79 Å². The Morgan fingerprint density at radius 3 is 3.00 bits per heavy atom. The Hall–Kier alpha value is -2.18. The van der Waals surface area contributed by atoms with Crippen LogP contribution < -0.4 is 10.3 Å². The van der Waals surface area contributed by atoms with Gasteiger partial charge in [0, 0.05) is 18.0 Å². The van der Waals surface area contributed by atoms with Crippen molar-refractivity contribution in [1.82, 2.24) is 14.9 Å². The van der Waals surface area contributed by atoms with Crippen LogP contribution in [0.1, 0.15) is 27.4 Å². The van der Waals surface area contributed by atoms with Crippen molar-refractivity contribution in [2.45, 2.75) is 33.4 Å². The first-order valence-corrected chi connectivity index (χ1v) is 9.24. The van der Waals surface area contributed by atoms with E-state index in [0.717, 1.165) is 51.7 Å². The van der Waals surface area contributed by atoms with Gasteiger partial charge < -0.3 is 9.72 Å². The van der Waals surface area contributed by atoms with Crippen LogP contribution in [0.25, 0.3) is 10.2 Å². The number of hydrogen-bond acceptors (Lipinski definition) is 5. The second-order valence-electron chi connectivity index (χ2n) is 6.53. The number of fused-ring (bicyclic) bond motifs is 2. The number of nitrogens with zero attached hydrogens (tertiary/aromatic N) is 2. The van der Waals surface area contributed by atoms with Gasteiger partial charge in [0.05, 0.1) is 19.0 Å². The molecule has 4 rings (SSSR count). The Morgan fingerprint density at radius 1 is 1.36 bits per heavy atom. The number of aromatic nitrogens is 2. The van der Waals surface area contributed by atoms with E-state index >= 15 is 0 Å². The van der Waals surface area contributed by atoms with Gasteiger partial charge in [-0.2, -0.15) is 0 Å². The third-order valence-corrected chi connectivity index (χ3v) is 6.08. The predicted octanol–water partition coefficient (Wildman–Crippen LogP) is 3.17. The summed E-state index contributed by atoms with van der Waals surface area (Å²) in [5, 5.41) is 0.736. The highest BCUT2D eigenvalue weighted by Crippen LogP contribution is 2.29. The Balaban J connectivity index is 1.61. The minimum absolute atomic E-state index is 0.0269. The topological polar surface area (TPSA) is 58.2 Å². The maximum Gasteiger partial charge on any atom is 0.259 e. The van der Waals surface area contributed by atoms with Crippen LogP contribution in [0, 0.1) is 13.8 Å². The maximum absolute atomic E-state index is 12.4. The maximum atomic E-state index is 12.4. The fourth-order valence-corrected chi connectivity index (χ4v) is 4.59. The molecule has 1 aliphatic rings. The highest BCUT2D eigenvalue weighted by atomic mass is 32.1. The minimum atomic E-state index is -0.0269. The van der Waals surface area contributed by atoms with Crippen LogP contribution >= 0.6 is 11.3 Å². The quantitative estimate of drug-likeness (QED) is 0.784. The molecule has 0 saturated carbocycles. The molecule has 6 heteroatoms. The molecule has 0 atom stereocenters. The molecule has 0 saturated heterocycles. The van der Waals surface area contributed by atoms with Crippen molar-refractivity contribution in [2.75, 3.05) is 13.7 Å². The van der Waals surface area contributed by atoms with Gasteiger partial charge in [0.25, 0.3) is 5.56 Å². The van der Waals surface area contributed by atoms with Gasteiger partial charge in [-0.15, -0.1) is 11.3 Å². The van der Waals surface area contributed by atoms with E-state index < -0.39 is 0 Å². The van der Waals surface area contributed by atoms with E-state index in [4.69, 9.17) is 9.72 Å². The monoisotopic (exact) mass is 355 g/mol. The number of thiophene rings is 1. The third kappa shape index (κ3) is 2.85. The summed E-state index contributed by atoms with van der Waals surface area (Å²) < 4.78 is 5.47. The van der Waals surface area contributed by atoms with Gasteiger partial charge in [0.2, 0.25) is 0 Å². The number of aryl methyl sites for hydroxylation is 2. The molecule has 1 N–H and O–H groups in total. The molecule has 0 bridgehead atoms. The SMILES string of the molecule is COc1cccc2c1CCN(Cc1nc3sc(C)c(C)c3c(=O)[nH]1)C2. The average molecular weight is 355 g/mol. The summed E-state index contributed by atoms with van der Waals surface area (Å²) in [6.07, 6.45) is 0.947. The molecule has 0 fully saturated rings. The van der Waals surface area contributed by atoms with E-state index in [1.54, 1.807) is 18.4 Å². The van der Waals surface area contributed by atoms with E-state index in [1.807, 2.05) is 26.0 Å². The second-order valence-corrected chi connectivity index (χ2v) is 7.74. The smallest absolute Gasteiger partial charge is 0.259 e. The van der Waals surface area contributed by atoms with Gasteiger partial charge in [-0.05, 0) is 43.0 Å². The summed E-state index contributed by atoms with van der Waals surface area (Å²) in [5.41, 5.74) is 3.60. The van der Waals surface area contributed by atoms with E-state index in [-0.39, 0.29) is 5.56 Å². The molecule has 0 radical (unpaired) electrons. The van der Waals surface area contributed by atoms with Crippen LogP contribution in [0.15, 0.2) is 23.0 Å². The Kier molecular flexibility index (Phi) is 4.09. The number of nitrogens with one attached hydrogen (secondary N) is 1. The number of aromatic amines is 1. The summed E-state index contributed by atoms with van der Waals surface area (Å²) in [5.74, 6) is 1.71. The number of methoxy groups -OCH3 is 1. The van der Waals surface area contributed by atoms with Crippen LogP contribution in [-0.2, 0) is 19.5 Å². The molecule has 1 aromatic carbocycles. The third-order valence-electron chi connectivity index (χ3n) is 4.98. The molecule has 0 unspecified atom stereocenters. The molecule has 5 nitrogen and oxygen atoms in total. The van der Waals surface area contributed by atoms with Gasteiger partial charge >= 0.3 is 0 Å². The lowest BCUT2D eigenvalue weighted by atomic mass is 9.98. The normalized spacial score (nSPS) is 14.7. The Bertz CT molecular complexity index is 1010. The van der Waals surface area contributed by atoms with Crippen molar-refractivity contribution >= 4 is 21.6 Å². The summed E-state index contributed by atoms with van der Waals surface area (Å²) in [6.45, 7) is 6.45. The van der Waals surface area contributed by atoms with Crippen LogP contribution in [0.3, 0.4) is 0 Å². The molecule has 0 amide bonds. The lowest BCUT2D eigenvalue weighted by Crippen LogP contribution is -2.31. The molecule has 0 spiro atoms. The van der Waals surface area contributed by atoms with Crippen LogP contribution in [-0.4, -0.2) is 28.5 Å². The first-order valence-electron chi connectivity index (χ1n) is 8.43. The lowest BCUT2D eigenvalue weighted by Gasteiger charge is -2.29. The van der Waals surface area contributed by atoms with E-state index in [0.29, 0.717) is 6.54 Å². The van der Waals surface area contributed by atoms with Gasteiger partial charge in [0.15, 0.2) is 0 Å². The zero-order chi connectivity index (χ0) is 17.6. The van der Waals surface area contributed by atoms with Crippen LogP contribution in [0.5, 0.6) is 5.75 Å². The largest absolute Gasteiger partial charge is 0.496 e. The zero-order valence-corrected chi connectivity index (χ0v) is 15.5. The summed E-state index contributed by atoms with van der Waals surface area (Å²) in [6, 6.07) is 6.20. The molecular formula is C19H21N3O2S. The highest BCUT2D eigenvalue weighted by Gasteiger charge is 2.20.